The molecule has 0 unspecified atom stereocenters. The summed E-state index contributed by atoms with van der Waals surface area (Å²) in [5, 5.41) is 0. The fourth-order valence-corrected chi connectivity index (χ4v) is 2.12. The van der Waals surface area contributed by atoms with Crippen LogP contribution >= 0.6 is 0 Å². The molecular weight excluding hydrogens is 254 g/mol. The number of carbonyl (C=O) groups is 1. The molecule has 0 aliphatic carbocycles. The SMILES string of the molecule is CCOC(=O)c1nc(C)oc1CCc1cccc(C)c1. The van der Waals surface area contributed by atoms with Crippen LogP contribution in [0.3, 0.4) is 0 Å². The van der Waals surface area contributed by atoms with Crippen LogP contribution < -0.4 is 0 Å². The van der Waals surface area contributed by atoms with E-state index < -0.39 is 5.97 Å². The smallest absolute Gasteiger partial charge is 0.360 e. The Labute approximate surface area is 118 Å². The molecule has 4 heteroatoms. The molecule has 2 rings (SSSR count). The zero-order valence-electron chi connectivity index (χ0n) is 12.1. The van der Waals surface area contributed by atoms with E-state index in [0.29, 0.717) is 30.4 Å². The summed E-state index contributed by atoms with van der Waals surface area (Å²) in [5.41, 5.74) is 2.74. The van der Waals surface area contributed by atoms with Gasteiger partial charge in [0.1, 0.15) is 5.76 Å². The lowest BCUT2D eigenvalue weighted by Crippen LogP contribution is -2.08. The first-order valence-electron chi connectivity index (χ1n) is 6.79. The highest BCUT2D eigenvalue weighted by atomic mass is 16.5. The summed E-state index contributed by atoms with van der Waals surface area (Å²) in [7, 11) is 0. The minimum absolute atomic E-state index is 0.303. The molecule has 0 saturated heterocycles. The fraction of sp³-hybridized carbons (Fsp3) is 0.375. The Morgan fingerprint density at radius 2 is 2.10 bits per heavy atom. The van der Waals surface area contributed by atoms with Gasteiger partial charge in [-0.05, 0) is 25.8 Å². The molecule has 1 aromatic carbocycles. The van der Waals surface area contributed by atoms with Crippen LogP contribution in [0.1, 0.15) is 40.2 Å². The van der Waals surface area contributed by atoms with Crippen molar-refractivity contribution in [1.82, 2.24) is 4.98 Å². The number of aromatic nitrogens is 1. The molecule has 0 radical (unpaired) electrons. The largest absolute Gasteiger partial charge is 0.461 e. The zero-order valence-corrected chi connectivity index (χ0v) is 12.1. The quantitative estimate of drug-likeness (QED) is 0.785. The van der Waals surface area contributed by atoms with E-state index in [0.717, 1.165) is 6.42 Å². The summed E-state index contributed by atoms with van der Waals surface area (Å²) >= 11 is 0. The second kappa shape index (κ2) is 6.37. The van der Waals surface area contributed by atoms with Crippen LogP contribution in [0.5, 0.6) is 0 Å². The standard InChI is InChI=1S/C16H19NO3/c1-4-19-16(18)15-14(20-12(3)17-15)9-8-13-7-5-6-11(2)10-13/h5-7,10H,4,8-9H2,1-3H3. The molecule has 0 saturated carbocycles. The van der Waals surface area contributed by atoms with Crippen molar-refractivity contribution in [3.63, 3.8) is 0 Å². The minimum Gasteiger partial charge on any atom is -0.461 e. The maximum atomic E-state index is 11.8. The molecule has 0 amide bonds. The predicted octanol–water partition coefficient (Wildman–Crippen LogP) is 3.25. The Balaban J connectivity index is 2.11. The van der Waals surface area contributed by atoms with Crippen LogP contribution in [0.2, 0.25) is 0 Å². The summed E-state index contributed by atoms with van der Waals surface area (Å²) in [5.74, 6) is 0.679. The average Bonchev–Trinajstić information content (AvgIpc) is 2.78. The molecule has 0 fully saturated rings. The summed E-state index contributed by atoms with van der Waals surface area (Å²) in [6.07, 6.45) is 1.45. The van der Waals surface area contributed by atoms with E-state index in [1.54, 1.807) is 13.8 Å². The first-order chi connectivity index (χ1) is 9.60. The number of benzene rings is 1. The highest BCUT2D eigenvalue weighted by Gasteiger charge is 2.19. The first kappa shape index (κ1) is 14.3. The second-order valence-corrected chi connectivity index (χ2v) is 4.71. The van der Waals surface area contributed by atoms with Crippen molar-refractivity contribution in [1.29, 1.82) is 0 Å². The lowest BCUT2D eigenvalue weighted by Gasteiger charge is -2.03. The van der Waals surface area contributed by atoms with Gasteiger partial charge >= 0.3 is 5.97 Å². The van der Waals surface area contributed by atoms with Gasteiger partial charge in [-0.3, -0.25) is 0 Å². The number of nitrogens with zero attached hydrogens (tertiary/aromatic N) is 1. The molecule has 2 aromatic rings. The highest BCUT2D eigenvalue weighted by molar-refractivity contribution is 5.88. The van der Waals surface area contributed by atoms with Crippen molar-refractivity contribution in [2.24, 2.45) is 0 Å². The fourth-order valence-electron chi connectivity index (χ4n) is 2.12. The van der Waals surface area contributed by atoms with Gasteiger partial charge in [0.25, 0.3) is 0 Å². The molecule has 0 aliphatic rings. The molecule has 1 heterocycles. The van der Waals surface area contributed by atoms with Gasteiger partial charge in [-0.1, -0.05) is 29.8 Å². The molecule has 4 nitrogen and oxygen atoms in total. The topological polar surface area (TPSA) is 52.3 Å². The Morgan fingerprint density at radius 3 is 2.80 bits per heavy atom. The first-order valence-corrected chi connectivity index (χ1v) is 6.79. The van der Waals surface area contributed by atoms with Crippen LogP contribution in [0, 0.1) is 13.8 Å². The van der Waals surface area contributed by atoms with Crippen LogP contribution in [-0.4, -0.2) is 17.6 Å². The van der Waals surface area contributed by atoms with Crippen LogP contribution in [0.15, 0.2) is 28.7 Å². The number of carbonyl (C=O) groups excluding carboxylic acids is 1. The van der Waals surface area contributed by atoms with Crippen molar-refractivity contribution >= 4 is 5.97 Å². The van der Waals surface area contributed by atoms with Gasteiger partial charge in [-0.2, -0.15) is 0 Å². The number of hydrogen-bond donors (Lipinski definition) is 0. The van der Waals surface area contributed by atoms with Gasteiger partial charge in [-0.15, -0.1) is 0 Å². The lowest BCUT2D eigenvalue weighted by atomic mass is 10.1. The van der Waals surface area contributed by atoms with E-state index in [1.807, 2.05) is 6.07 Å². The van der Waals surface area contributed by atoms with E-state index in [4.69, 9.17) is 9.15 Å². The van der Waals surface area contributed by atoms with Crippen molar-refractivity contribution in [3.8, 4) is 0 Å². The van der Waals surface area contributed by atoms with Gasteiger partial charge in [0.15, 0.2) is 11.6 Å². The molecule has 0 N–H and O–H groups in total. The van der Waals surface area contributed by atoms with E-state index in [2.05, 4.69) is 30.1 Å². The Hall–Kier alpha value is -2.10. The van der Waals surface area contributed by atoms with Crippen molar-refractivity contribution < 1.29 is 13.9 Å². The van der Waals surface area contributed by atoms with Gasteiger partial charge in [-0.25, -0.2) is 9.78 Å². The summed E-state index contributed by atoms with van der Waals surface area (Å²) < 4.78 is 10.5. The van der Waals surface area contributed by atoms with Crippen LogP contribution in [-0.2, 0) is 17.6 Å². The van der Waals surface area contributed by atoms with E-state index in [1.165, 1.54) is 11.1 Å². The normalized spacial score (nSPS) is 10.6. The molecule has 20 heavy (non-hydrogen) atoms. The number of esters is 1. The third-order valence-corrected chi connectivity index (χ3v) is 3.00. The minimum atomic E-state index is -0.413. The monoisotopic (exact) mass is 273 g/mol. The Morgan fingerprint density at radius 1 is 1.30 bits per heavy atom. The number of hydrogen-bond acceptors (Lipinski definition) is 4. The van der Waals surface area contributed by atoms with Gasteiger partial charge in [0.05, 0.1) is 6.61 Å². The molecule has 0 aliphatic heterocycles. The van der Waals surface area contributed by atoms with Gasteiger partial charge in [0.2, 0.25) is 0 Å². The van der Waals surface area contributed by atoms with E-state index in [-0.39, 0.29) is 0 Å². The summed E-state index contributed by atoms with van der Waals surface area (Å²) in [6.45, 7) is 5.91. The van der Waals surface area contributed by atoms with Crippen molar-refractivity contribution in [3.05, 3.63) is 52.7 Å². The summed E-state index contributed by atoms with van der Waals surface area (Å²) in [6, 6.07) is 8.29. The molecule has 0 atom stereocenters. The maximum Gasteiger partial charge on any atom is 0.360 e. The van der Waals surface area contributed by atoms with Crippen LogP contribution in [0.25, 0.3) is 0 Å². The third-order valence-electron chi connectivity index (χ3n) is 3.00. The molecule has 0 spiro atoms. The molecule has 1 aromatic heterocycles. The Kier molecular flexibility index (Phi) is 4.56. The lowest BCUT2D eigenvalue weighted by molar-refractivity contribution is 0.0517. The maximum absolute atomic E-state index is 11.8. The Bertz CT molecular complexity index is 602. The molecular formula is C16H19NO3. The molecule has 106 valence electrons. The summed E-state index contributed by atoms with van der Waals surface area (Å²) in [4.78, 5) is 15.9. The van der Waals surface area contributed by atoms with Gasteiger partial charge in [0, 0.05) is 13.3 Å². The van der Waals surface area contributed by atoms with Gasteiger partial charge < -0.3 is 9.15 Å². The van der Waals surface area contributed by atoms with Crippen LogP contribution in [0.4, 0.5) is 0 Å². The molecule has 0 bridgehead atoms. The average molecular weight is 273 g/mol. The van der Waals surface area contributed by atoms with E-state index in [9.17, 15) is 4.79 Å². The predicted molar refractivity (Wildman–Crippen MR) is 75.8 cm³/mol. The van der Waals surface area contributed by atoms with Crippen molar-refractivity contribution in [2.75, 3.05) is 6.61 Å². The van der Waals surface area contributed by atoms with E-state index >= 15 is 0 Å². The zero-order chi connectivity index (χ0) is 14.5. The third kappa shape index (κ3) is 3.47. The number of oxazole rings is 1. The second-order valence-electron chi connectivity index (χ2n) is 4.71. The number of ether oxygens (including phenoxy) is 1. The highest BCUT2D eigenvalue weighted by Crippen LogP contribution is 2.16. The van der Waals surface area contributed by atoms with Crippen molar-refractivity contribution in [2.45, 2.75) is 33.6 Å². The number of rotatable bonds is 5. The number of aryl methyl sites for hydroxylation is 4.